The molecule has 3 aromatic carbocycles. The van der Waals surface area contributed by atoms with Gasteiger partial charge >= 0.3 is 0 Å². The molecule has 0 aliphatic carbocycles. The van der Waals surface area contributed by atoms with E-state index in [-0.39, 0.29) is 24.3 Å². The van der Waals surface area contributed by atoms with E-state index >= 15 is 0 Å². The Morgan fingerprint density at radius 3 is 2.18 bits per heavy atom. The Balaban J connectivity index is 1.52. The lowest BCUT2D eigenvalue weighted by atomic mass is 10.1. The average Bonchev–Trinajstić information content (AvgIpc) is 2.84. The molecular formula is C27H30N4O3. The zero-order valence-electron chi connectivity index (χ0n) is 19.5. The van der Waals surface area contributed by atoms with Gasteiger partial charge in [-0.1, -0.05) is 54.6 Å². The summed E-state index contributed by atoms with van der Waals surface area (Å²) in [4.78, 5) is 38.9. The number of amides is 3. The van der Waals surface area contributed by atoms with E-state index in [1.807, 2.05) is 54.4 Å². The standard InChI is InChI=1S/C27H30N4O3/c1-28-26(33)22-14-12-21(13-15-22)18-31(2)19-25(32)30-24-11-7-6-10-23(24)27(34)29-17-16-20-8-4-3-5-9-20/h3-15H,16-19H2,1-2H3,(H,28,33)(H,29,34)(H,30,32). The molecule has 0 saturated carbocycles. The van der Waals surface area contributed by atoms with Crippen LogP contribution in [0.5, 0.6) is 0 Å². The summed E-state index contributed by atoms with van der Waals surface area (Å²) in [7, 11) is 3.43. The highest BCUT2D eigenvalue weighted by Gasteiger charge is 2.14. The fourth-order valence-corrected chi connectivity index (χ4v) is 3.56. The maximum atomic E-state index is 12.7. The van der Waals surface area contributed by atoms with Gasteiger partial charge in [0.2, 0.25) is 5.91 Å². The second-order valence-electron chi connectivity index (χ2n) is 8.03. The number of para-hydroxylation sites is 1. The molecule has 0 radical (unpaired) electrons. The quantitative estimate of drug-likeness (QED) is 0.436. The summed E-state index contributed by atoms with van der Waals surface area (Å²) in [6, 6.07) is 24.2. The zero-order chi connectivity index (χ0) is 24.3. The van der Waals surface area contributed by atoms with E-state index in [0.717, 1.165) is 17.5 Å². The molecule has 0 aliphatic rings. The molecule has 7 heteroatoms. The van der Waals surface area contributed by atoms with E-state index in [4.69, 9.17) is 0 Å². The number of anilines is 1. The van der Waals surface area contributed by atoms with Crippen molar-refractivity contribution in [1.29, 1.82) is 0 Å². The van der Waals surface area contributed by atoms with Crippen molar-refractivity contribution in [3.63, 3.8) is 0 Å². The average molecular weight is 459 g/mol. The third kappa shape index (κ3) is 7.28. The van der Waals surface area contributed by atoms with Crippen LogP contribution in [0.25, 0.3) is 0 Å². The highest BCUT2D eigenvalue weighted by Crippen LogP contribution is 2.15. The summed E-state index contributed by atoms with van der Waals surface area (Å²) in [5, 5.41) is 8.37. The fraction of sp³-hybridized carbons (Fsp3) is 0.222. The number of nitrogens with zero attached hydrogens (tertiary/aromatic N) is 1. The molecule has 0 aliphatic heterocycles. The van der Waals surface area contributed by atoms with Gasteiger partial charge in [0.25, 0.3) is 11.8 Å². The monoisotopic (exact) mass is 458 g/mol. The second-order valence-corrected chi connectivity index (χ2v) is 8.03. The Bertz CT molecular complexity index is 1110. The van der Waals surface area contributed by atoms with Crippen molar-refractivity contribution < 1.29 is 14.4 Å². The molecule has 3 rings (SSSR count). The normalized spacial score (nSPS) is 10.6. The highest BCUT2D eigenvalue weighted by molar-refractivity contribution is 6.04. The Morgan fingerprint density at radius 2 is 1.47 bits per heavy atom. The van der Waals surface area contributed by atoms with Gasteiger partial charge in [-0.3, -0.25) is 19.3 Å². The molecule has 0 spiro atoms. The first kappa shape index (κ1) is 24.7. The predicted octanol–water partition coefficient (Wildman–Crippen LogP) is 3.09. The van der Waals surface area contributed by atoms with Crippen LogP contribution < -0.4 is 16.0 Å². The van der Waals surface area contributed by atoms with Gasteiger partial charge in [0.1, 0.15) is 0 Å². The summed E-state index contributed by atoms with van der Waals surface area (Å²) >= 11 is 0. The van der Waals surface area contributed by atoms with Crippen LogP contribution in [-0.4, -0.2) is 49.8 Å². The Hall–Kier alpha value is -3.97. The highest BCUT2D eigenvalue weighted by atomic mass is 16.2. The van der Waals surface area contributed by atoms with Crippen molar-refractivity contribution in [3.05, 3.63) is 101 Å². The van der Waals surface area contributed by atoms with Crippen molar-refractivity contribution in [2.75, 3.05) is 32.5 Å². The van der Waals surface area contributed by atoms with Gasteiger partial charge in [-0.05, 0) is 48.9 Å². The Labute approximate surface area is 200 Å². The molecule has 7 nitrogen and oxygen atoms in total. The lowest BCUT2D eigenvalue weighted by Crippen LogP contribution is -2.31. The number of nitrogens with one attached hydrogen (secondary N) is 3. The van der Waals surface area contributed by atoms with Crippen LogP contribution in [-0.2, 0) is 17.8 Å². The fourth-order valence-electron chi connectivity index (χ4n) is 3.56. The van der Waals surface area contributed by atoms with Crippen LogP contribution >= 0.6 is 0 Å². The van der Waals surface area contributed by atoms with Crippen molar-refractivity contribution in [2.24, 2.45) is 0 Å². The van der Waals surface area contributed by atoms with Gasteiger partial charge in [-0.2, -0.15) is 0 Å². The molecule has 34 heavy (non-hydrogen) atoms. The summed E-state index contributed by atoms with van der Waals surface area (Å²) in [5.41, 5.74) is 3.63. The number of hydrogen-bond donors (Lipinski definition) is 3. The summed E-state index contributed by atoms with van der Waals surface area (Å²) < 4.78 is 0. The van der Waals surface area contributed by atoms with Crippen LogP contribution in [0.1, 0.15) is 31.8 Å². The lowest BCUT2D eigenvalue weighted by Gasteiger charge is -2.17. The van der Waals surface area contributed by atoms with Crippen LogP contribution in [0.3, 0.4) is 0 Å². The van der Waals surface area contributed by atoms with E-state index < -0.39 is 0 Å². The zero-order valence-corrected chi connectivity index (χ0v) is 19.5. The number of likely N-dealkylation sites (N-methyl/N-ethyl adjacent to an activating group) is 1. The smallest absolute Gasteiger partial charge is 0.253 e. The van der Waals surface area contributed by atoms with E-state index in [9.17, 15) is 14.4 Å². The van der Waals surface area contributed by atoms with Crippen LogP contribution in [0.15, 0.2) is 78.9 Å². The molecule has 0 unspecified atom stereocenters. The van der Waals surface area contributed by atoms with E-state index in [0.29, 0.717) is 29.9 Å². The maximum Gasteiger partial charge on any atom is 0.253 e. The topological polar surface area (TPSA) is 90.5 Å². The first-order chi connectivity index (χ1) is 16.5. The molecular weight excluding hydrogens is 428 g/mol. The molecule has 176 valence electrons. The number of benzene rings is 3. The molecule has 0 atom stereocenters. The van der Waals surface area contributed by atoms with Crippen LogP contribution in [0, 0.1) is 0 Å². The van der Waals surface area contributed by atoms with Gasteiger partial charge in [-0.15, -0.1) is 0 Å². The molecule has 3 N–H and O–H groups in total. The summed E-state index contributed by atoms with van der Waals surface area (Å²) in [5.74, 6) is -0.576. The second kappa shape index (κ2) is 12.3. The third-order valence-electron chi connectivity index (χ3n) is 5.30. The van der Waals surface area contributed by atoms with Crippen molar-refractivity contribution in [2.45, 2.75) is 13.0 Å². The third-order valence-corrected chi connectivity index (χ3v) is 5.30. The van der Waals surface area contributed by atoms with Crippen molar-refractivity contribution >= 4 is 23.4 Å². The predicted molar refractivity (Wildman–Crippen MR) is 134 cm³/mol. The van der Waals surface area contributed by atoms with E-state index in [1.54, 1.807) is 43.4 Å². The maximum absolute atomic E-state index is 12.7. The van der Waals surface area contributed by atoms with Crippen molar-refractivity contribution in [1.82, 2.24) is 15.5 Å². The minimum absolute atomic E-state index is 0.137. The molecule has 0 saturated heterocycles. The van der Waals surface area contributed by atoms with Crippen LogP contribution in [0.2, 0.25) is 0 Å². The summed E-state index contributed by atoms with van der Waals surface area (Å²) in [6.07, 6.45) is 0.732. The van der Waals surface area contributed by atoms with Crippen LogP contribution in [0.4, 0.5) is 5.69 Å². The minimum Gasteiger partial charge on any atom is -0.355 e. The SMILES string of the molecule is CNC(=O)c1ccc(CN(C)CC(=O)Nc2ccccc2C(=O)NCCc2ccccc2)cc1. The molecule has 0 fully saturated rings. The van der Waals surface area contributed by atoms with Crippen molar-refractivity contribution in [3.8, 4) is 0 Å². The number of carbonyl (C=O) groups is 3. The minimum atomic E-state index is -0.226. The van der Waals surface area contributed by atoms with Gasteiger partial charge in [0.05, 0.1) is 17.8 Å². The van der Waals surface area contributed by atoms with Gasteiger partial charge in [-0.25, -0.2) is 0 Å². The molecule has 3 aromatic rings. The van der Waals surface area contributed by atoms with Gasteiger partial charge in [0, 0.05) is 25.7 Å². The summed E-state index contributed by atoms with van der Waals surface area (Å²) in [6.45, 7) is 1.21. The molecule has 0 heterocycles. The van der Waals surface area contributed by atoms with E-state index in [2.05, 4.69) is 16.0 Å². The number of carbonyl (C=O) groups excluding carboxylic acids is 3. The first-order valence-electron chi connectivity index (χ1n) is 11.2. The molecule has 0 aromatic heterocycles. The molecule has 3 amide bonds. The largest absolute Gasteiger partial charge is 0.355 e. The number of hydrogen-bond acceptors (Lipinski definition) is 4. The first-order valence-corrected chi connectivity index (χ1v) is 11.2. The Kier molecular flexibility index (Phi) is 8.94. The van der Waals surface area contributed by atoms with Gasteiger partial charge in [0.15, 0.2) is 0 Å². The lowest BCUT2D eigenvalue weighted by molar-refractivity contribution is -0.117. The Morgan fingerprint density at radius 1 is 0.794 bits per heavy atom. The number of rotatable bonds is 10. The van der Waals surface area contributed by atoms with Gasteiger partial charge < -0.3 is 16.0 Å². The van der Waals surface area contributed by atoms with E-state index in [1.165, 1.54) is 0 Å². The molecule has 0 bridgehead atoms.